The maximum absolute atomic E-state index is 11.3. The second kappa shape index (κ2) is 5.88. The number of H-pyrrole nitrogens is 1. The van der Waals surface area contributed by atoms with Crippen molar-refractivity contribution in [2.75, 3.05) is 0 Å². The van der Waals surface area contributed by atoms with Crippen LogP contribution in [0.25, 0.3) is 0 Å². The molecule has 1 heterocycles. The van der Waals surface area contributed by atoms with Gasteiger partial charge in [-0.15, -0.1) is 12.3 Å². The van der Waals surface area contributed by atoms with E-state index in [9.17, 15) is 4.79 Å². The zero-order valence-corrected chi connectivity index (χ0v) is 10.8. The van der Waals surface area contributed by atoms with E-state index in [2.05, 4.69) is 23.1 Å². The minimum Gasteiger partial charge on any atom is -0.326 e. The van der Waals surface area contributed by atoms with Crippen LogP contribution in [0.3, 0.4) is 0 Å². The molecule has 1 aliphatic rings. The molecule has 0 saturated heterocycles. The SMILES string of the molecule is C#CCC(CC)NC1CCCc2[nH]c(=O)ccc21. The van der Waals surface area contributed by atoms with Crippen molar-refractivity contribution in [3.8, 4) is 12.3 Å². The molecule has 0 saturated carbocycles. The highest BCUT2D eigenvalue weighted by molar-refractivity contribution is 5.26. The van der Waals surface area contributed by atoms with Crippen molar-refractivity contribution in [1.82, 2.24) is 10.3 Å². The van der Waals surface area contributed by atoms with Crippen LogP contribution >= 0.6 is 0 Å². The molecule has 0 aliphatic heterocycles. The van der Waals surface area contributed by atoms with E-state index in [1.807, 2.05) is 6.07 Å². The third-order valence-electron chi connectivity index (χ3n) is 3.63. The van der Waals surface area contributed by atoms with Crippen LogP contribution in [0.2, 0.25) is 0 Å². The molecular formula is C15H20N2O. The molecule has 2 N–H and O–H groups in total. The van der Waals surface area contributed by atoms with Crippen LogP contribution in [0.5, 0.6) is 0 Å². The third kappa shape index (κ3) is 2.83. The Labute approximate surface area is 108 Å². The second-order valence-electron chi connectivity index (χ2n) is 4.88. The molecule has 0 spiro atoms. The van der Waals surface area contributed by atoms with Gasteiger partial charge in [0, 0.05) is 30.3 Å². The van der Waals surface area contributed by atoms with Crippen LogP contribution in [-0.2, 0) is 6.42 Å². The van der Waals surface area contributed by atoms with Gasteiger partial charge in [0.25, 0.3) is 0 Å². The van der Waals surface area contributed by atoms with Gasteiger partial charge in [0.1, 0.15) is 0 Å². The van der Waals surface area contributed by atoms with Gasteiger partial charge in [-0.25, -0.2) is 0 Å². The molecule has 18 heavy (non-hydrogen) atoms. The number of pyridine rings is 1. The number of nitrogens with one attached hydrogen (secondary N) is 2. The summed E-state index contributed by atoms with van der Waals surface area (Å²) in [4.78, 5) is 14.3. The molecule has 3 nitrogen and oxygen atoms in total. The maximum Gasteiger partial charge on any atom is 0.248 e. The number of aromatic amines is 1. The van der Waals surface area contributed by atoms with E-state index < -0.39 is 0 Å². The predicted octanol–water partition coefficient (Wildman–Crippen LogP) is 2.14. The fourth-order valence-electron chi connectivity index (χ4n) is 2.62. The van der Waals surface area contributed by atoms with Crippen LogP contribution in [0.4, 0.5) is 0 Å². The van der Waals surface area contributed by atoms with Crippen molar-refractivity contribution in [1.29, 1.82) is 0 Å². The number of hydrogen-bond acceptors (Lipinski definition) is 2. The van der Waals surface area contributed by atoms with Gasteiger partial charge >= 0.3 is 0 Å². The first-order valence-corrected chi connectivity index (χ1v) is 6.66. The standard InChI is InChI=1S/C15H20N2O/c1-3-6-11(4-2)16-13-7-5-8-14-12(13)9-10-15(18)17-14/h1,9-11,13,16H,4-8H2,2H3,(H,17,18). The zero-order valence-electron chi connectivity index (χ0n) is 10.8. The van der Waals surface area contributed by atoms with Crippen molar-refractivity contribution < 1.29 is 0 Å². The van der Waals surface area contributed by atoms with Crippen LogP contribution in [0.15, 0.2) is 16.9 Å². The highest BCUT2D eigenvalue weighted by Gasteiger charge is 2.22. The molecule has 3 heteroatoms. The van der Waals surface area contributed by atoms with Gasteiger partial charge in [0.2, 0.25) is 5.56 Å². The van der Waals surface area contributed by atoms with E-state index in [0.717, 1.165) is 37.8 Å². The number of aromatic nitrogens is 1. The minimum absolute atomic E-state index is 0.00920. The Morgan fingerprint density at radius 1 is 1.61 bits per heavy atom. The lowest BCUT2D eigenvalue weighted by Crippen LogP contribution is -2.35. The number of fused-ring (bicyclic) bond motifs is 1. The first-order chi connectivity index (χ1) is 8.74. The average Bonchev–Trinajstić information content (AvgIpc) is 2.38. The van der Waals surface area contributed by atoms with Gasteiger partial charge in [-0.05, 0) is 31.2 Å². The molecule has 2 atom stereocenters. The van der Waals surface area contributed by atoms with E-state index in [4.69, 9.17) is 6.42 Å². The van der Waals surface area contributed by atoms with Crippen molar-refractivity contribution in [3.63, 3.8) is 0 Å². The van der Waals surface area contributed by atoms with E-state index in [0.29, 0.717) is 12.1 Å². The summed E-state index contributed by atoms with van der Waals surface area (Å²) < 4.78 is 0. The Morgan fingerprint density at radius 2 is 2.44 bits per heavy atom. The summed E-state index contributed by atoms with van der Waals surface area (Å²) in [6.45, 7) is 2.14. The fraction of sp³-hybridized carbons (Fsp3) is 0.533. The van der Waals surface area contributed by atoms with Crippen LogP contribution in [0.1, 0.15) is 49.9 Å². The Morgan fingerprint density at radius 3 is 3.17 bits per heavy atom. The number of terminal acetylenes is 1. The topological polar surface area (TPSA) is 44.9 Å². The normalized spacial score (nSPS) is 19.9. The fourth-order valence-corrected chi connectivity index (χ4v) is 2.62. The van der Waals surface area contributed by atoms with Crippen molar-refractivity contribution in [3.05, 3.63) is 33.7 Å². The molecule has 2 unspecified atom stereocenters. The van der Waals surface area contributed by atoms with Crippen molar-refractivity contribution >= 4 is 0 Å². The molecular weight excluding hydrogens is 224 g/mol. The Bertz CT molecular complexity index is 498. The van der Waals surface area contributed by atoms with E-state index in [1.54, 1.807) is 6.07 Å². The molecule has 1 aromatic heterocycles. The first-order valence-electron chi connectivity index (χ1n) is 6.66. The Kier molecular flexibility index (Phi) is 4.22. The summed E-state index contributed by atoms with van der Waals surface area (Å²) in [5, 5.41) is 3.62. The molecule has 1 aromatic rings. The predicted molar refractivity (Wildman–Crippen MR) is 73.4 cm³/mol. The lowest BCUT2D eigenvalue weighted by Gasteiger charge is -2.29. The van der Waals surface area contributed by atoms with Gasteiger partial charge in [-0.1, -0.05) is 13.0 Å². The summed E-state index contributed by atoms with van der Waals surface area (Å²) in [5.74, 6) is 2.72. The van der Waals surface area contributed by atoms with Gasteiger partial charge in [0.15, 0.2) is 0 Å². The van der Waals surface area contributed by atoms with E-state index >= 15 is 0 Å². The van der Waals surface area contributed by atoms with E-state index in [1.165, 1.54) is 5.56 Å². The lowest BCUT2D eigenvalue weighted by molar-refractivity contribution is 0.387. The Balaban J connectivity index is 2.17. The Hall–Kier alpha value is -1.53. The zero-order chi connectivity index (χ0) is 13.0. The number of rotatable bonds is 4. The average molecular weight is 244 g/mol. The molecule has 0 fully saturated rings. The molecule has 0 aromatic carbocycles. The van der Waals surface area contributed by atoms with Gasteiger partial charge in [-0.3, -0.25) is 4.79 Å². The summed E-state index contributed by atoms with van der Waals surface area (Å²) in [6, 6.07) is 4.25. The summed E-state index contributed by atoms with van der Waals surface area (Å²) >= 11 is 0. The van der Waals surface area contributed by atoms with Gasteiger partial charge in [-0.2, -0.15) is 0 Å². The lowest BCUT2D eigenvalue weighted by atomic mass is 9.90. The van der Waals surface area contributed by atoms with E-state index in [-0.39, 0.29) is 5.56 Å². The number of aryl methyl sites for hydroxylation is 1. The summed E-state index contributed by atoms with van der Waals surface area (Å²) in [7, 11) is 0. The van der Waals surface area contributed by atoms with Crippen molar-refractivity contribution in [2.45, 2.75) is 51.1 Å². The number of hydrogen-bond donors (Lipinski definition) is 2. The van der Waals surface area contributed by atoms with Gasteiger partial charge in [0.05, 0.1) is 0 Å². The van der Waals surface area contributed by atoms with Crippen LogP contribution in [0, 0.1) is 12.3 Å². The molecule has 2 rings (SSSR count). The monoisotopic (exact) mass is 244 g/mol. The largest absolute Gasteiger partial charge is 0.326 e. The van der Waals surface area contributed by atoms with Crippen LogP contribution < -0.4 is 10.9 Å². The highest BCUT2D eigenvalue weighted by atomic mass is 16.1. The summed E-state index contributed by atoms with van der Waals surface area (Å²) in [6.07, 6.45) is 10.4. The third-order valence-corrected chi connectivity index (χ3v) is 3.63. The molecule has 0 amide bonds. The molecule has 96 valence electrons. The first kappa shape index (κ1) is 12.9. The quantitative estimate of drug-likeness (QED) is 0.797. The molecule has 0 bridgehead atoms. The highest BCUT2D eigenvalue weighted by Crippen LogP contribution is 2.28. The minimum atomic E-state index is -0.00920. The smallest absolute Gasteiger partial charge is 0.248 e. The molecule has 1 aliphatic carbocycles. The van der Waals surface area contributed by atoms with Gasteiger partial charge < -0.3 is 10.3 Å². The maximum atomic E-state index is 11.3. The molecule has 0 radical (unpaired) electrons. The van der Waals surface area contributed by atoms with Crippen molar-refractivity contribution in [2.24, 2.45) is 0 Å². The summed E-state index contributed by atoms with van der Waals surface area (Å²) in [5.41, 5.74) is 2.31. The van der Waals surface area contributed by atoms with Crippen LogP contribution in [-0.4, -0.2) is 11.0 Å². The second-order valence-corrected chi connectivity index (χ2v) is 4.88.